The van der Waals surface area contributed by atoms with Crippen LogP contribution in [0.2, 0.25) is 0 Å². The van der Waals surface area contributed by atoms with Gasteiger partial charge in [-0.05, 0) is 36.8 Å². The molecule has 0 aliphatic carbocycles. The molecule has 0 radical (unpaired) electrons. The second kappa shape index (κ2) is 4.36. The molecule has 1 aromatic carbocycles. The number of hydrogen-bond donors (Lipinski definition) is 1. The van der Waals surface area contributed by atoms with Crippen LogP contribution in [-0.2, 0) is 0 Å². The molecule has 1 aromatic rings. The molecule has 2 rings (SSSR count). The fourth-order valence-electron chi connectivity index (χ4n) is 2.80. The van der Waals surface area contributed by atoms with Gasteiger partial charge in [0.05, 0.1) is 11.4 Å². The lowest BCUT2D eigenvalue weighted by atomic mass is 9.91. The standard InChI is InChI=1S/C14H22N2/c1-10-7-11(2)9-16(8-10)13-6-4-5-12(3)14(13)15/h4-6,10-11H,7-9,15H2,1-3H3. The number of nitrogens with two attached hydrogens (primary N) is 1. The van der Waals surface area contributed by atoms with Crippen molar-refractivity contribution in [3.8, 4) is 0 Å². The zero-order valence-corrected chi connectivity index (χ0v) is 10.5. The first kappa shape index (κ1) is 11.3. The summed E-state index contributed by atoms with van der Waals surface area (Å²) < 4.78 is 0. The topological polar surface area (TPSA) is 29.3 Å². The molecule has 2 heteroatoms. The van der Waals surface area contributed by atoms with E-state index in [1.807, 2.05) is 0 Å². The lowest BCUT2D eigenvalue weighted by Gasteiger charge is -2.37. The average molecular weight is 218 g/mol. The highest BCUT2D eigenvalue weighted by Crippen LogP contribution is 2.31. The van der Waals surface area contributed by atoms with Gasteiger partial charge in [0.1, 0.15) is 0 Å². The van der Waals surface area contributed by atoms with Gasteiger partial charge in [-0.15, -0.1) is 0 Å². The predicted octanol–water partition coefficient (Wildman–Crippen LogP) is 3.06. The van der Waals surface area contributed by atoms with Crippen molar-refractivity contribution in [2.45, 2.75) is 27.2 Å². The summed E-state index contributed by atoms with van der Waals surface area (Å²) in [7, 11) is 0. The monoisotopic (exact) mass is 218 g/mol. The first-order chi connectivity index (χ1) is 7.58. The third kappa shape index (κ3) is 2.16. The maximum Gasteiger partial charge on any atom is 0.0602 e. The summed E-state index contributed by atoms with van der Waals surface area (Å²) in [6.07, 6.45) is 1.34. The summed E-state index contributed by atoms with van der Waals surface area (Å²) in [6, 6.07) is 6.33. The Hall–Kier alpha value is -1.18. The number of anilines is 2. The van der Waals surface area contributed by atoms with Gasteiger partial charge >= 0.3 is 0 Å². The Morgan fingerprint density at radius 1 is 1.19 bits per heavy atom. The summed E-state index contributed by atoms with van der Waals surface area (Å²) in [5, 5.41) is 0. The zero-order valence-electron chi connectivity index (χ0n) is 10.5. The van der Waals surface area contributed by atoms with Gasteiger partial charge in [-0.1, -0.05) is 26.0 Å². The second-order valence-electron chi connectivity index (χ2n) is 5.36. The summed E-state index contributed by atoms with van der Waals surface area (Å²) in [6.45, 7) is 9.01. The van der Waals surface area contributed by atoms with Crippen molar-refractivity contribution in [2.24, 2.45) is 11.8 Å². The van der Waals surface area contributed by atoms with Crippen LogP contribution in [0, 0.1) is 18.8 Å². The highest BCUT2D eigenvalue weighted by Gasteiger charge is 2.23. The summed E-state index contributed by atoms with van der Waals surface area (Å²) in [5.74, 6) is 1.53. The van der Waals surface area contributed by atoms with Crippen molar-refractivity contribution in [1.29, 1.82) is 0 Å². The van der Waals surface area contributed by atoms with Gasteiger partial charge in [0.25, 0.3) is 0 Å². The number of hydrogen-bond acceptors (Lipinski definition) is 2. The average Bonchev–Trinajstić information content (AvgIpc) is 2.20. The molecule has 16 heavy (non-hydrogen) atoms. The van der Waals surface area contributed by atoms with Gasteiger partial charge in [0.2, 0.25) is 0 Å². The minimum atomic E-state index is 0.767. The third-order valence-corrected chi connectivity index (χ3v) is 3.51. The highest BCUT2D eigenvalue weighted by molar-refractivity contribution is 5.71. The van der Waals surface area contributed by atoms with Gasteiger partial charge in [-0.25, -0.2) is 0 Å². The lowest BCUT2D eigenvalue weighted by Crippen LogP contribution is -2.39. The van der Waals surface area contributed by atoms with Crippen molar-refractivity contribution in [3.63, 3.8) is 0 Å². The molecule has 0 amide bonds. The summed E-state index contributed by atoms with van der Waals surface area (Å²) in [4.78, 5) is 2.45. The number of aryl methyl sites for hydroxylation is 1. The van der Waals surface area contributed by atoms with Gasteiger partial charge in [0.15, 0.2) is 0 Å². The van der Waals surface area contributed by atoms with Crippen molar-refractivity contribution in [3.05, 3.63) is 23.8 Å². The molecule has 1 heterocycles. The van der Waals surface area contributed by atoms with Crippen LogP contribution in [0.25, 0.3) is 0 Å². The van der Waals surface area contributed by atoms with Crippen LogP contribution in [0.3, 0.4) is 0 Å². The molecule has 1 aliphatic rings. The third-order valence-electron chi connectivity index (χ3n) is 3.51. The highest BCUT2D eigenvalue weighted by atomic mass is 15.1. The molecule has 2 atom stereocenters. The molecule has 0 saturated carbocycles. The first-order valence-corrected chi connectivity index (χ1v) is 6.18. The van der Waals surface area contributed by atoms with Gasteiger partial charge in [-0.3, -0.25) is 0 Å². The number of rotatable bonds is 1. The van der Waals surface area contributed by atoms with Crippen LogP contribution >= 0.6 is 0 Å². The second-order valence-corrected chi connectivity index (χ2v) is 5.36. The molecule has 0 spiro atoms. The Morgan fingerprint density at radius 2 is 1.81 bits per heavy atom. The zero-order chi connectivity index (χ0) is 11.7. The SMILES string of the molecule is Cc1cccc(N2CC(C)CC(C)C2)c1N. The lowest BCUT2D eigenvalue weighted by molar-refractivity contribution is 0.357. The van der Waals surface area contributed by atoms with E-state index in [1.165, 1.54) is 17.7 Å². The molecular formula is C14H22N2. The van der Waals surface area contributed by atoms with E-state index >= 15 is 0 Å². The molecular weight excluding hydrogens is 196 g/mol. The van der Waals surface area contributed by atoms with E-state index in [4.69, 9.17) is 5.73 Å². The Labute approximate surface area is 98.4 Å². The Morgan fingerprint density at radius 3 is 2.44 bits per heavy atom. The number of nitrogens with zero attached hydrogens (tertiary/aromatic N) is 1. The van der Waals surface area contributed by atoms with E-state index < -0.39 is 0 Å². The first-order valence-electron chi connectivity index (χ1n) is 6.18. The minimum absolute atomic E-state index is 0.767. The molecule has 2 unspecified atom stereocenters. The minimum Gasteiger partial charge on any atom is -0.397 e. The maximum atomic E-state index is 6.16. The maximum absolute atomic E-state index is 6.16. The van der Waals surface area contributed by atoms with Crippen molar-refractivity contribution in [1.82, 2.24) is 0 Å². The molecule has 1 saturated heterocycles. The number of para-hydroxylation sites is 1. The normalized spacial score (nSPS) is 25.8. The smallest absolute Gasteiger partial charge is 0.0602 e. The van der Waals surface area contributed by atoms with E-state index in [0.29, 0.717) is 0 Å². The molecule has 2 N–H and O–H groups in total. The number of nitrogen functional groups attached to an aromatic ring is 1. The molecule has 1 fully saturated rings. The molecule has 0 bridgehead atoms. The van der Waals surface area contributed by atoms with Crippen LogP contribution in [0.4, 0.5) is 11.4 Å². The predicted molar refractivity (Wildman–Crippen MR) is 70.7 cm³/mol. The molecule has 0 aromatic heterocycles. The quantitative estimate of drug-likeness (QED) is 0.734. The Bertz CT molecular complexity index is 363. The largest absolute Gasteiger partial charge is 0.397 e. The van der Waals surface area contributed by atoms with Gasteiger partial charge in [-0.2, -0.15) is 0 Å². The van der Waals surface area contributed by atoms with E-state index in [-0.39, 0.29) is 0 Å². The fourth-order valence-corrected chi connectivity index (χ4v) is 2.80. The number of piperidine rings is 1. The van der Waals surface area contributed by atoms with Crippen LogP contribution in [0.1, 0.15) is 25.8 Å². The van der Waals surface area contributed by atoms with E-state index in [1.54, 1.807) is 0 Å². The molecule has 1 aliphatic heterocycles. The van der Waals surface area contributed by atoms with Crippen molar-refractivity contribution < 1.29 is 0 Å². The van der Waals surface area contributed by atoms with Crippen molar-refractivity contribution >= 4 is 11.4 Å². The van der Waals surface area contributed by atoms with E-state index in [2.05, 4.69) is 43.9 Å². The Balaban J connectivity index is 2.26. The Kier molecular flexibility index (Phi) is 3.08. The number of benzene rings is 1. The molecule has 2 nitrogen and oxygen atoms in total. The molecule has 88 valence electrons. The van der Waals surface area contributed by atoms with E-state index in [9.17, 15) is 0 Å². The summed E-state index contributed by atoms with van der Waals surface area (Å²) >= 11 is 0. The van der Waals surface area contributed by atoms with Crippen molar-refractivity contribution in [2.75, 3.05) is 23.7 Å². The van der Waals surface area contributed by atoms with Crippen LogP contribution in [0.15, 0.2) is 18.2 Å². The van der Waals surface area contributed by atoms with Gasteiger partial charge < -0.3 is 10.6 Å². The van der Waals surface area contributed by atoms with Crippen LogP contribution in [-0.4, -0.2) is 13.1 Å². The fraction of sp³-hybridized carbons (Fsp3) is 0.571. The van der Waals surface area contributed by atoms with Crippen LogP contribution in [0.5, 0.6) is 0 Å². The van der Waals surface area contributed by atoms with E-state index in [0.717, 1.165) is 30.6 Å². The summed E-state index contributed by atoms with van der Waals surface area (Å²) in [5.41, 5.74) is 9.52. The van der Waals surface area contributed by atoms with Crippen LogP contribution < -0.4 is 10.6 Å². The van der Waals surface area contributed by atoms with Gasteiger partial charge in [0, 0.05) is 13.1 Å².